The lowest BCUT2D eigenvalue weighted by Crippen LogP contribution is -2.48. The van der Waals surface area contributed by atoms with E-state index in [4.69, 9.17) is 0 Å². The minimum Gasteiger partial charge on any atom is -0.339 e. The first-order valence-corrected chi connectivity index (χ1v) is 7.24. The molecule has 1 amide bonds. The Morgan fingerprint density at radius 2 is 1.86 bits per heavy atom. The number of carbonyl (C=O) groups excluding carboxylic acids is 1. The molecular formula is C15H18N6O. The maximum atomic E-state index is 11.4. The second-order valence-corrected chi connectivity index (χ2v) is 5.13. The van der Waals surface area contributed by atoms with Gasteiger partial charge in [0.05, 0.1) is 6.20 Å². The molecule has 7 nitrogen and oxygen atoms in total. The first-order valence-electron chi connectivity index (χ1n) is 7.24. The van der Waals surface area contributed by atoms with Gasteiger partial charge in [0.1, 0.15) is 0 Å². The van der Waals surface area contributed by atoms with E-state index in [0.717, 1.165) is 18.8 Å². The average molecular weight is 298 g/mol. The van der Waals surface area contributed by atoms with Gasteiger partial charge in [0.25, 0.3) is 0 Å². The van der Waals surface area contributed by atoms with Crippen LogP contribution in [0.3, 0.4) is 0 Å². The predicted molar refractivity (Wildman–Crippen MR) is 84.0 cm³/mol. The highest BCUT2D eigenvalue weighted by Crippen LogP contribution is 2.16. The smallest absolute Gasteiger partial charge is 0.247 e. The molecule has 22 heavy (non-hydrogen) atoms. The summed E-state index contributed by atoms with van der Waals surface area (Å²) in [7, 11) is 0. The van der Waals surface area contributed by atoms with Crippen LogP contribution in [0.2, 0.25) is 0 Å². The molecule has 1 aromatic heterocycles. The monoisotopic (exact) mass is 298 g/mol. The highest BCUT2D eigenvalue weighted by atomic mass is 16.2. The molecule has 114 valence electrons. The van der Waals surface area contributed by atoms with Crippen LogP contribution < -0.4 is 10.2 Å². The van der Waals surface area contributed by atoms with Gasteiger partial charge >= 0.3 is 0 Å². The third-order valence-electron chi connectivity index (χ3n) is 3.60. The SMILES string of the molecule is CC(=O)N1CCN(c2nncc(Nc3ccccc3)n2)CC1. The predicted octanol–water partition coefficient (Wildman–Crippen LogP) is 1.28. The van der Waals surface area contributed by atoms with Crippen LogP contribution in [0.5, 0.6) is 0 Å². The summed E-state index contributed by atoms with van der Waals surface area (Å²) in [6.45, 7) is 4.41. The number of piperazine rings is 1. The van der Waals surface area contributed by atoms with Crippen molar-refractivity contribution < 1.29 is 4.79 Å². The molecule has 0 bridgehead atoms. The van der Waals surface area contributed by atoms with Gasteiger partial charge < -0.3 is 15.1 Å². The molecule has 0 unspecified atom stereocenters. The minimum atomic E-state index is 0.109. The Balaban J connectivity index is 1.68. The molecule has 1 fully saturated rings. The Morgan fingerprint density at radius 3 is 2.55 bits per heavy atom. The molecule has 1 aliphatic rings. The molecule has 2 aromatic rings. The number of benzene rings is 1. The number of carbonyl (C=O) groups is 1. The number of nitrogens with one attached hydrogen (secondary N) is 1. The van der Waals surface area contributed by atoms with Crippen LogP contribution in [0.15, 0.2) is 36.5 Å². The van der Waals surface area contributed by atoms with Gasteiger partial charge in [0.2, 0.25) is 11.9 Å². The van der Waals surface area contributed by atoms with Crippen LogP contribution in [0.4, 0.5) is 17.5 Å². The largest absolute Gasteiger partial charge is 0.339 e. The topological polar surface area (TPSA) is 74.2 Å². The van der Waals surface area contributed by atoms with E-state index in [9.17, 15) is 4.79 Å². The minimum absolute atomic E-state index is 0.109. The summed E-state index contributed by atoms with van der Waals surface area (Å²) in [6, 6.07) is 9.81. The Hall–Kier alpha value is -2.70. The van der Waals surface area contributed by atoms with Gasteiger partial charge in [-0.25, -0.2) is 0 Å². The Labute approximate surface area is 129 Å². The third-order valence-corrected chi connectivity index (χ3v) is 3.60. The van der Waals surface area contributed by atoms with Crippen molar-refractivity contribution in [2.75, 3.05) is 36.4 Å². The number of para-hydroxylation sites is 1. The molecule has 0 saturated carbocycles. The quantitative estimate of drug-likeness (QED) is 0.920. The van der Waals surface area contributed by atoms with E-state index >= 15 is 0 Å². The maximum absolute atomic E-state index is 11.4. The van der Waals surface area contributed by atoms with Gasteiger partial charge in [-0.15, -0.1) is 5.10 Å². The summed E-state index contributed by atoms with van der Waals surface area (Å²) in [4.78, 5) is 19.7. The van der Waals surface area contributed by atoms with E-state index in [-0.39, 0.29) is 5.91 Å². The van der Waals surface area contributed by atoms with Gasteiger partial charge in [-0.1, -0.05) is 18.2 Å². The zero-order valence-electron chi connectivity index (χ0n) is 12.4. The first kappa shape index (κ1) is 14.2. The zero-order valence-corrected chi connectivity index (χ0v) is 12.4. The zero-order chi connectivity index (χ0) is 15.4. The molecule has 1 N–H and O–H groups in total. The second kappa shape index (κ2) is 6.38. The number of amides is 1. The summed E-state index contributed by atoms with van der Waals surface area (Å²) in [5.41, 5.74) is 0.954. The molecule has 1 saturated heterocycles. The van der Waals surface area contributed by atoms with Gasteiger partial charge in [-0.3, -0.25) is 4.79 Å². The van der Waals surface area contributed by atoms with E-state index in [1.54, 1.807) is 13.1 Å². The van der Waals surface area contributed by atoms with Crippen molar-refractivity contribution in [2.45, 2.75) is 6.92 Å². The summed E-state index contributed by atoms with van der Waals surface area (Å²) >= 11 is 0. The van der Waals surface area contributed by atoms with Gasteiger partial charge in [-0.05, 0) is 12.1 Å². The van der Waals surface area contributed by atoms with Crippen LogP contribution in [-0.4, -0.2) is 52.2 Å². The molecule has 1 aromatic carbocycles. The standard InChI is InChI=1S/C15H18N6O/c1-12(22)20-7-9-21(10-8-20)15-18-14(11-16-19-15)17-13-5-3-2-4-6-13/h2-6,11H,7-10H2,1H3,(H,17,18,19). The number of rotatable bonds is 3. The molecule has 0 atom stereocenters. The van der Waals surface area contributed by atoms with E-state index in [2.05, 4.69) is 20.5 Å². The average Bonchev–Trinajstić information content (AvgIpc) is 2.56. The second-order valence-electron chi connectivity index (χ2n) is 5.13. The highest BCUT2D eigenvalue weighted by Gasteiger charge is 2.20. The van der Waals surface area contributed by atoms with Crippen LogP contribution in [0, 0.1) is 0 Å². The summed E-state index contributed by atoms with van der Waals surface area (Å²) in [6.07, 6.45) is 1.60. The first-order chi connectivity index (χ1) is 10.7. The molecule has 0 spiro atoms. The van der Waals surface area contributed by atoms with Crippen molar-refractivity contribution >= 4 is 23.4 Å². The van der Waals surface area contributed by atoms with Crippen molar-refractivity contribution in [3.63, 3.8) is 0 Å². The van der Waals surface area contributed by atoms with Crippen molar-refractivity contribution in [2.24, 2.45) is 0 Å². The fourth-order valence-electron chi connectivity index (χ4n) is 2.38. The Kier molecular flexibility index (Phi) is 4.13. The molecular weight excluding hydrogens is 280 g/mol. The van der Waals surface area contributed by atoms with Crippen LogP contribution >= 0.6 is 0 Å². The lowest BCUT2D eigenvalue weighted by Gasteiger charge is -2.33. The van der Waals surface area contributed by atoms with Crippen molar-refractivity contribution in [1.82, 2.24) is 20.1 Å². The number of aromatic nitrogens is 3. The highest BCUT2D eigenvalue weighted by molar-refractivity contribution is 5.73. The number of nitrogens with zero attached hydrogens (tertiary/aromatic N) is 5. The molecule has 0 aliphatic carbocycles. The summed E-state index contributed by atoms with van der Waals surface area (Å²) < 4.78 is 0. The lowest BCUT2D eigenvalue weighted by molar-refractivity contribution is -0.129. The normalized spacial score (nSPS) is 14.8. The Bertz CT molecular complexity index is 639. The number of anilines is 3. The lowest BCUT2D eigenvalue weighted by atomic mass is 10.3. The van der Waals surface area contributed by atoms with E-state index in [0.29, 0.717) is 24.9 Å². The van der Waals surface area contributed by atoms with E-state index in [1.807, 2.05) is 40.1 Å². The fraction of sp³-hybridized carbons (Fsp3) is 0.333. The van der Waals surface area contributed by atoms with Crippen molar-refractivity contribution in [1.29, 1.82) is 0 Å². The number of hydrogen-bond acceptors (Lipinski definition) is 6. The van der Waals surface area contributed by atoms with E-state index in [1.165, 1.54) is 0 Å². The fourth-order valence-corrected chi connectivity index (χ4v) is 2.38. The van der Waals surface area contributed by atoms with Crippen LogP contribution in [-0.2, 0) is 4.79 Å². The van der Waals surface area contributed by atoms with Crippen LogP contribution in [0.1, 0.15) is 6.92 Å². The summed E-state index contributed by atoms with van der Waals surface area (Å²) in [5.74, 6) is 1.35. The Morgan fingerprint density at radius 1 is 1.14 bits per heavy atom. The molecule has 2 heterocycles. The third kappa shape index (κ3) is 3.30. The van der Waals surface area contributed by atoms with Crippen molar-refractivity contribution in [3.8, 4) is 0 Å². The van der Waals surface area contributed by atoms with Crippen molar-refractivity contribution in [3.05, 3.63) is 36.5 Å². The van der Waals surface area contributed by atoms with E-state index < -0.39 is 0 Å². The molecule has 3 rings (SSSR count). The maximum Gasteiger partial charge on any atom is 0.247 e. The molecule has 7 heteroatoms. The molecule has 0 radical (unpaired) electrons. The number of hydrogen-bond donors (Lipinski definition) is 1. The van der Waals surface area contributed by atoms with Crippen LogP contribution in [0.25, 0.3) is 0 Å². The van der Waals surface area contributed by atoms with Gasteiger partial charge in [0.15, 0.2) is 5.82 Å². The van der Waals surface area contributed by atoms with Gasteiger partial charge in [-0.2, -0.15) is 10.1 Å². The molecule has 1 aliphatic heterocycles. The summed E-state index contributed by atoms with van der Waals surface area (Å²) in [5, 5.41) is 11.3. The van der Waals surface area contributed by atoms with Gasteiger partial charge in [0, 0.05) is 38.8 Å².